The van der Waals surface area contributed by atoms with E-state index in [-0.39, 0.29) is 5.75 Å². The zero-order valence-electron chi connectivity index (χ0n) is 14.6. The Morgan fingerprint density at radius 2 is 2.04 bits per heavy atom. The summed E-state index contributed by atoms with van der Waals surface area (Å²) in [6.45, 7) is 0. The van der Waals surface area contributed by atoms with Gasteiger partial charge >= 0.3 is 0 Å². The lowest BCUT2D eigenvalue weighted by Gasteiger charge is -2.17. The van der Waals surface area contributed by atoms with Crippen LogP contribution in [-0.4, -0.2) is 15.1 Å². The number of hydrogen-bond acceptors (Lipinski definition) is 6. The number of aromatic nitrogens is 3. The molecule has 0 atom stereocenters. The van der Waals surface area contributed by atoms with Crippen molar-refractivity contribution >= 4 is 12.2 Å². The highest BCUT2D eigenvalue weighted by Crippen LogP contribution is 2.34. The van der Waals surface area contributed by atoms with Crippen LogP contribution < -0.4 is 10.5 Å². The summed E-state index contributed by atoms with van der Waals surface area (Å²) in [5.74, 6) is 1.01. The lowest BCUT2D eigenvalue weighted by atomic mass is 9.99. The van der Waals surface area contributed by atoms with Crippen LogP contribution in [-0.2, 0) is 5.54 Å². The van der Waals surface area contributed by atoms with Crippen molar-refractivity contribution in [3.05, 3.63) is 65.8 Å². The van der Waals surface area contributed by atoms with E-state index in [9.17, 15) is 4.39 Å². The molecule has 1 saturated carbocycles. The van der Waals surface area contributed by atoms with Gasteiger partial charge in [0.05, 0.1) is 11.7 Å². The fourth-order valence-electron chi connectivity index (χ4n) is 3.14. The molecule has 0 amide bonds. The molecule has 2 heterocycles. The molecule has 1 fully saturated rings. The lowest BCUT2D eigenvalue weighted by Crippen LogP contribution is -2.34. The molecule has 4 rings (SSSR count). The third-order valence-corrected chi connectivity index (χ3v) is 4.62. The molecule has 138 valence electrons. The molecular weight excluding hydrogens is 347 g/mol. The van der Waals surface area contributed by atoms with Crippen LogP contribution in [0.5, 0.6) is 11.5 Å². The molecule has 1 aliphatic rings. The van der Waals surface area contributed by atoms with E-state index in [0.29, 0.717) is 23.0 Å². The zero-order valence-corrected chi connectivity index (χ0v) is 14.6. The first kappa shape index (κ1) is 17.4. The van der Waals surface area contributed by atoms with Crippen molar-refractivity contribution in [1.29, 1.82) is 0 Å². The van der Waals surface area contributed by atoms with E-state index in [1.165, 1.54) is 12.3 Å². The number of hydrogen-bond donors (Lipinski definition) is 1. The van der Waals surface area contributed by atoms with Gasteiger partial charge in [0.1, 0.15) is 5.75 Å². The molecule has 1 aliphatic carbocycles. The van der Waals surface area contributed by atoms with Gasteiger partial charge in [-0.05, 0) is 48.7 Å². The van der Waals surface area contributed by atoms with Gasteiger partial charge in [-0.1, -0.05) is 24.1 Å². The highest BCUT2D eigenvalue weighted by atomic mass is 19.1. The van der Waals surface area contributed by atoms with Crippen molar-refractivity contribution in [3.8, 4) is 11.5 Å². The Balaban J connectivity index is 1.46. The molecule has 0 spiro atoms. The Labute approximate surface area is 155 Å². The van der Waals surface area contributed by atoms with Crippen molar-refractivity contribution in [2.75, 3.05) is 0 Å². The van der Waals surface area contributed by atoms with Crippen molar-refractivity contribution in [1.82, 2.24) is 15.1 Å². The average Bonchev–Trinajstić information content (AvgIpc) is 3.33. The molecule has 0 unspecified atom stereocenters. The molecule has 1 aromatic carbocycles. The standard InChI is InChI=1S/C20H19FN4O2/c21-16-12-14(5-7-17(16)26-15-4-3-11-23-13-15)6-8-18-24-19(25-27-18)20(22)9-1-2-10-20/h3-8,11-13H,1-2,9-10,22H2/b8-6+. The van der Waals surface area contributed by atoms with Gasteiger partial charge in [-0.2, -0.15) is 4.98 Å². The summed E-state index contributed by atoms with van der Waals surface area (Å²) < 4.78 is 25.0. The van der Waals surface area contributed by atoms with E-state index in [0.717, 1.165) is 25.7 Å². The number of rotatable bonds is 5. The molecule has 0 bridgehead atoms. The van der Waals surface area contributed by atoms with Crippen LogP contribution >= 0.6 is 0 Å². The minimum atomic E-state index is -0.493. The Kier molecular flexibility index (Phi) is 4.68. The first-order chi connectivity index (χ1) is 13.1. The predicted octanol–water partition coefficient (Wildman–Crippen LogP) is 4.29. The number of nitrogens with two attached hydrogens (primary N) is 1. The lowest BCUT2D eigenvalue weighted by molar-refractivity contribution is 0.364. The second kappa shape index (κ2) is 7.28. The van der Waals surface area contributed by atoms with Crippen LogP contribution in [0.15, 0.2) is 47.2 Å². The molecule has 2 aromatic heterocycles. The fourth-order valence-corrected chi connectivity index (χ4v) is 3.14. The smallest absolute Gasteiger partial charge is 0.250 e. The SMILES string of the molecule is NC1(c2noc(/C=C/c3ccc(Oc4cccnc4)c(F)c3)n2)CCCC1. The predicted molar refractivity (Wildman–Crippen MR) is 98.3 cm³/mol. The highest BCUT2D eigenvalue weighted by molar-refractivity contribution is 5.66. The van der Waals surface area contributed by atoms with E-state index >= 15 is 0 Å². The Bertz CT molecular complexity index is 950. The van der Waals surface area contributed by atoms with Crippen molar-refractivity contribution < 1.29 is 13.7 Å². The van der Waals surface area contributed by atoms with Gasteiger partial charge in [-0.25, -0.2) is 4.39 Å². The van der Waals surface area contributed by atoms with E-state index in [2.05, 4.69) is 15.1 Å². The van der Waals surface area contributed by atoms with Gasteiger partial charge in [-0.15, -0.1) is 0 Å². The van der Waals surface area contributed by atoms with Gasteiger partial charge in [0.15, 0.2) is 17.4 Å². The summed E-state index contributed by atoms with van der Waals surface area (Å²) in [4.78, 5) is 8.30. The molecule has 3 aromatic rings. The first-order valence-corrected chi connectivity index (χ1v) is 8.81. The summed E-state index contributed by atoms with van der Waals surface area (Å²) in [7, 11) is 0. The quantitative estimate of drug-likeness (QED) is 0.725. The van der Waals surface area contributed by atoms with Crippen LogP contribution in [0.2, 0.25) is 0 Å². The molecule has 7 heteroatoms. The maximum absolute atomic E-state index is 14.3. The Morgan fingerprint density at radius 1 is 1.19 bits per heavy atom. The molecular formula is C20H19FN4O2. The summed E-state index contributed by atoms with van der Waals surface area (Å²) in [5, 5.41) is 4.00. The molecule has 0 aliphatic heterocycles. The van der Waals surface area contributed by atoms with Gasteiger partial charge < -0.3 is 15.0 Å². The molecule has 27 heavy (non-hydrogen) atoms. The fraction of sp³-hybridized carbons (Fsp3) is 0.250. The first-order valence-electron chi connectivity index (χ1n) is 8.81. The van der Waals surface area contributed by atoms with Gasteiger partial charge in [0, 0.05) is 12.3 Å². The molecule has 0 saturated heterocycles. The summed E-state index contributed by atoms with van der Waals surface area (Å²) in [6, 6.07) is 8.11. The number of ether oxygens (including phenoxy) is 1. The van der Waals surface area contributed by atoms with Gasteiger partial charge in [-0.3, -0.25) is 4.98 Å². The van der Waals surface area contributed by atoms with E-state index in [1.54, 1.807) is 42.6 Å². The van der Waals surface area contributed by atoms with Gasteiger partial charge in [0.2, 0.25) is 0 Å². The number of halogens is 1. The number of pyridine rings is 1. The minimum Gasteiger partial charge on any atom is -0.453 e. The second-order valence-corrected chi connectivity index (χ2v) is 6.63. The largest absolute Gasteiger partial charge is 0.453 e. The van der Waals surface area contributed by atoms with Crippen LogP contribution in [0.3, 0.4) is 0 Å². The molecule has 2 N–H and O–H groups in total. The monoisotopic (exact) mass is 366 g/mol. The van der Waals surface area contributed by atoms with Crippen LogP contribution in [0.25, 0.3) is 12.2 Å². The number of benzene rings is 1. The van der Waals surface area contributed by atoms with Crippen molar-refractivity contribution in [3.63, 3.8) is 0 Å². The average molecular weight is 366 g/mol. The molecule has 6 nitrogen and oxygen atoms in total. The second-order valence-electron chi connectivity index (χ2n) is 6.63. The summed E-state index contributed by atoms with van der Waals surface area (Å²) >= 11 is 0. The Morgan fingerprint density at radius 3 is 2.78 bits per heavy atom. The molecule has 0 radical (unpaired) electrons. The van der Waals surface area contributed by atoms with Crippen LogP contribution in [0, 0.1) is 5.82 Å². The van der Waals surface area contributed by atoms with E-state index < -0.39 is 11.4 Å². The summed E-state index contributed by atoms with van der Waals surface area (Å²) in [6.07, 6.45) is 10.4. The van der Waals surface area contributed by atoms with E-state index in [1.807, 2.05) is 0 Å². The number of nitrogens with zero attached hydrogens (tertiary/aromatic N) is 3. The van der Waals surface area contributed by atoms with E-state index in [4.69, 9.17) is 15.0 Å². The summed E-state index contributed by atoms with van der Waals surface area (Å²) in [5.41, 5.74) is 6.48. The minimum absolute atomic E-state index is 0.131. The van der Waals surface area contributed by atoms with Gasteiger partial charge in [0.25, 0.3) is 5.89 Å². The van der Waals surface area contributed by atoms with Crippen LogP contribution in [0.4, 0.5) is 4.39 Å². The Hall–Kier alpha value is -3.06. The van der Waals surface area contributed by atoms with Crippen LogP contribution in [0.1, 0.15) is 43.0 Å². The maximum Gasteiger partial charge on any atom is 0.250 e. The topological polar surface area (TPSA) is 87.1 Å². The zero-order chi connectivity index (χ0) is 18.7. The third-order valence-electron chi connectivity index (χ3n) is 4.62. The maximum atomic E-state index is 14.3. The van der Waals surface area contributed by atoms with Crippen molar-refractivity contribution in [2.45, 2.75) is 31.2 Å². The highest BCUT2D eigenvalue weighted by Gasteiger charge is 2.35. The third kappa shape index (κ3) is 3.88. The van der Waals surface area contributed by atoms with Crippen molar-refractivity contribution in [2.24, 2.45) is 5.73 Å². The normalized spacial score (nSPS) is 16.1.